The molecule has 9 heteroatoms. The summed E-state index contributed by atoms with van der Waals surface area (Å²) >= 11 is 0. The Labute approximate surface area is 122 Å². The second-order valence-corrected chi connectivity index (χ2v) is 6.70. The second-order valence-electron chi connectivity index (χ2n) is 3.59. The van der Waals surface area contributed by atoms with Crippen LogP contribution in [0.5, 0.6) is 0 Å². The van der Waals surface area contributed by atoms with Crippen molar-refractivity contribution in [3.8, 4) is 0 Å². The van der Waals surface area contributed by atoms with Crippen molar-refractivity contribution < 1.29 is 26.7 Å². The summed E-state index contributed by atoms with van der Waals surface area (Å²) in [6.45, 7) is 2.08. The van der Waals surface area contributed by atoms with Crippen LogP contribution in [0.1, 0.15) is 45.4 Å². The van der Waals surface area contributed by atoms with E-state index in [2.05, 4.69) is 10.9 Å². The average molecular weight is 486 g/mol. The van der Waals surface area contributed by atoms with Gasteiger partial charge in [-0.15, -0.1) is 0 Å². The molecular weight excluding hydrogens is 464 g/mol. The molecule has 0 heterocycles. The predicted molar refractivity (Wildman–Crippen MR) is 70.2 cm³/mol. The Morgan fingerprint density at radius 3 is 2.00 bits per heavy atom. The molecule has 17 heavy (non-hydrogen) atoms. The van der Waals surface area contributed by atoms with Gasteiger partial charge >= 0.3 is 34.0 Å². The van der Waals surface area contributed by atoms with Gasteiger partial charge in [-0.05, 0) is 6.42 Å². The van der Waals surface area contributed by atoms with Gasteiger partial charge in [-0.1, -0.05) is 39.0 Å². The van der Waals surface area contributed by atoms with Crippen LogP contribution in [-0.4, -0.2) is 50.2 Å². The first kappa shape index (κ1) is 20.3. The molecule has 0 saturated carbocycles. The van der Waals surface area contributed by atoms with Crippen LogP contribution in [-0.2, 0) is 18.7 Å². The summed E-state index contributed by atoms with van der Waals surface area (Å²) in [6.07, 6.45) is 5.30. The molecule has 2 N–H and O–H groups in total. The fourth-order valence-electron chi connectivity index (χ4n) is 1.24. The van der Waals surface area contributed by atoms with Crippen LogP contribution in [0.25, 0.3) is 0 Å². The normalized spacial score (nSPS) is 12.2. The summed E-state index contributed by atoms with van der Waals surface area (Å²) in [4.78, 5) is 16.7. The molecule has 0 aromatic carbocycles. The van der Waals surface area contributed by atoms with Crippen LogP contribution in [0, 0.1) is 0 Å². The Morgan fingerprint density at radius 2 is 1.53 bits per heavy atom. The van der Waals surface area contributed by atoms with E-state index in [4.69, 9.17) is 9.79 Å². The van der Waals surface area contributed by atoms with Gasteiger partial charge in [0.2, 0.25) is 0 Å². The van der Waals surface area contributed by atoms with Crippen molar-refractivity contribution in [3.63, 3.8) is 0 Å². The molecule has 0 aliphatic heterocycles. The standard InChI is InChI=1S/C8H19O6PS.Bi.3H/c1-2-3-4-5-6-7-8-16(12,13)14-15(9,10)11;;;;/h2-8H2,1H3,(H2,9,10,11);;;;. The van der Waals surface area contributed by atoms with Crippen LogP contribution in [0.2, 0.25) is 0 Å². The van der Waals surface area contributed by atoms with Crippen molar-refractivity contribution >= 4 is 44.1 Å². The minimum atomic E-state index is -4.94. The maximum absolute atomic E-state index is 11.0. The van der Waals surface area contributed by atoms with Gasteiger partial charge in [-0.2, -0.15) is 12.4 Å². The number of hydrogen-bond acceptors (Lipinski definition) is 4. The first-order valence-corrected chi connectivity index (χ1v) is 8.37. The van der Waals surface area contributed by atoms with Gasteiger partial charge in [0.15, 0.2) is 0 Å². The van der Waals surface area contributed by atoms with E-state index >= 15 is 0 Å². The zero-order chi connectivity index (χ0) is 12.7. The summed E-state index contributed by atoms with van der Waals surface area (Å²) in [6, 6.07) is 0. The van der Waals surface area contributed by atoms with Crippen LogP contribution in [0.15, 0.2) is 0 Å². The Hall–Kier alpha value is 0.943. The Balaban J connectivity index is 0. The molecule has 6 nitrogen and oxygen atoms in total. The zero-order valence-electron chi connectivity index (χ0n) is 10.0. The third-order valence-corrected chi connectivity index (χ3v) is 4.43. The average Bonchev–Trinajstić information content (AvgIpc) is 2.06. The minimum absolute atomic E-state index is 0. The molecule has 0 atom stereocenters. The molecule has 0 aliphatic rings. The quantitative estimate of drug-likeness (QED) is 0.282. The summed E-state index contributed by atoms with van der Waals surface area (Å²) in [5, 5.41) is 0. The van der Waals surface area contributed by atoms with E-state index in [0.717, 1.165) is 32.1 Å². The van der Waals surface area contributed by atoms with Gasteiger partial charge in [-0.3, -0.25) is 0 Å². The van der Waals surface area contributed by atoms with Crippen molar-refractivity contribution in [1.82, 2.24) is 0 Å². The van der Waals surface area contributed by atoms with E-state index in [9.17, 15) is 13.0 Å². The third kappa shape index (κ3) is 14.9. The van der Waals surface area contributed by atoms with E-state index in [1.807, 2.05) is 0 Å². The molecule has 0 aromatic rings. The molecule has 0 fully saturated rings. The molecule has 0 unspecified atom stereocenters. The van der Waals surface area contributed by atoms with Crippen molar-refractivity contribution in [1.29, 1.82) is 0 Å². The summed E-state index contributed by atoms with van der Waals surface area (Å²) in [7, 11) is -9.04. The second kappa shape index (κ2) is 9.82. The molecule has 106 valence electrons. The molecule has 0 bridgehead atoms. The molecule has 0 aliphatic carbocycles. The number of phosphoric acid groups is 1. The van der Waals surface area contributed by atoms with Crippen molar-refractivity contribution in [3.05, 3.63) is 0 Å². The first-order valence-electron chi connectivity index (χ1n) is 5.26. The molecule has 0 saturated heterocycles. The summed E-state index contributed by atoms with van der Waals surface area (Å²) in [5.74, 6) is -0.343. The Kier molecular flexibility index (Phi) is 11.7. The van der Waals surface area contributed by atoms with Crippen LogP contribution in [0.3, 0.4) is 0 Å². The van der Waals surface area contributed by atoms with Crippen LogP contribution < -0.4 is 0 Å². The number of hydrogen-bond donors (Lipinski definition) is 2. The van der Waals surface area contributed by atoms with Crippen molar-refractivity contribution in [2.75, 3.05) is 5.75 Å². The molecule has 0 rings (SSSR count). The van der Waals surface area contributed by atoms with E-state index in [-0.39, 0.29) is 32.0 Å². The Morgan fingerprint density at radius 1 is 1.06 bits per heavy atom. The SMILES string of the molecule is CCCCCCCCS(=O)(=O)OP(=O)(O)O.[BiH3]. The maximum atomic E-state index is 11.0. The van der Waals surface area contributed by atoms with Gasteiger partial charge in [0.1, 0.15) is 0 Å². The fraction of sp³-hybridized carbons (Fsp3) is 1.00. The first-order chi connectivity index (χ1) is 7.27. The van der Waals surface area contributed by atoms with E-state index in [0.29, 0.717) is 6.42 Å². The molecule has 0 aromatic heterocycles. The summed E-state index contributed by atoms with van der Waals surface area (Å²) < 4.78 is 36.0. The van der Waals surface area contributed by atoms with Crippen molar-refractivity contribution in [2.45, 2.75) is 45.4 Å². The van der Waals surface area contributed by atoms with Gasteiger partial charge < -0.3 is 9.79 Å². The van der Waals surface area contributed by atoms with Gasteiger partial charge in [0.05, 0.1) is 5.75 Å². The van der Waals surface area contributed by atoms with Gasteiger partial charge in [0, 0.05) is 0 Å². The number of unbranched alkanes of at least 4 members (excludes halogenated alkanes) is 5. The molecule has 0 radical (unpaired) electrons. The fourth-order valence-corrected chi connectivity index (χ4v) is 3.28. The van der Waals surface area contributed by atoms with E-state index < -0.39 is 17.9 Å². The predicted octanol–water partition coefficient (Wildman–Crippen LogP) is 0.602. The topological polar surface area (TPSA) is 101 Å². The summed E-state index contributed by atoms with van der Waals surface area (Å²) in [5.41, 5.74) is 0. The zero-order valence-corrected chi connectivity index (χ0v) is 17.2. The number of rotatable bonds is 9. The van der Waals surface area contributed by atoms with Crippen molar-refractivity contribution in [2.24, 2.45) is 0 Å². The van der Waals surface area contributed by atoms with Crippen LogP contribution >= 0.6 is 7.82 Å². The van der Waals surface area contributed by atoms with Gasteiger partial charge in [0.25, 0.3) is 10.1 Å². The Bertz CT molecular complexity index is 325. The van der Waals surface area contributed by atoms with Gasteiger partial charge in [-0.25, -0.2) is 4.57 Å². The van der Waals surface area contributed by atoms with E-state index in [1.54, 1.807) is 0 Å². The van der Waals surface area contributed by atoms with Crippen LogP contribution in [0.4, 0.5) is 0 Å². The monoisotopic (exact) mass is 486 g/mol. The van der Waals surface area contributed by atoms with E-state index in [1.165, 1.54) is 0 Å². The molecular formula is C8H22BiO6PS. The third-order valence-electron chi connectivity index (χ3n) is 1.96. The molecule has 0 amide bonds. The molecule has 0 spiro atoms.